The van der Waals surface area contributed by atoms with Gasteiger partial charge in [0.05, 0.1) is 4.90 Å². The zero-order valence-corrected chi connectivity index (χ0v) is 16.2. The van der Waals surface area contributed by atoms with Gasteiger partial charge < -0.3 is 0 Å². The molecule has 2 aromatic rings. The van der Waals surface area contributed by atoms with Gasteiger partial charge in [0.25, 0.3) is 0 Å². The molecule has 1 N–H and O–H groups in total. The van der Waals surface area contributed by atoms with Gasteiger partial charge in [-0.05, 0) is 50.3 Å². The maximum absolute atomic E-state index is 13.0. The summed E-state index contributed by atoms with van der Waals surface area (Å²) in [6.45, 7) is 7.72. The quantitative estimate of drug-likeness (QED) is 0.743. The summed E-state index contributed by atoms with van der Waals surface area (Å²) in [6, 6.07) is 13.5. The zero-order valence-electron chi connectivity index (χ0n) is 15.4. The predicted octanol–water partition coefficient (Wildman–Crippen LogP) is 4.47. The van der Waals surface area contributed by atoms with Crippen LogP contribution in [0, 0.1) is 20.8 Å². The van der Waals surface area contributed by atoms with E-state index >= 15 is 0 Å². The van der Waals surface area contributed by atoms with Crippen LogP contribution >= 0.6 is 0 Å². The Labute approximate surface area is 151 Å². The highest BCUT2D eigenvalue weighted by Gasteiger charge is 2.23. The van der Waals surface area contributed by atoms with Gasteiger partial charge in [0.2, 0.25) is 10.0 Å². The molecule has 0 aliphatic heterocycles. The highest BCUT2D eigenvalue weighted by Crippen LogP contribution is 2.22. The van der Waals surface area contributed by atoms with Crippen LogP contribution in [-0.4, -0.2) is 14.5 Å². The molecule has 0 radical (unpaired) electrons. The Morgan fingerprint density at radius 1 is 1.04 bits per heavy atom. The standard InChI is InChI=1S/C21H27NO2S/c1-5-6-12-20(15-19-10-8-7-9-11-19)22-25(23,24)21-17(3)13-16(2)14-18(21)4/h6-14,20,22H,5,15H2,1-4H3/b12-6-/t20-/m1/s1. The van der Waals surface area contributed by atoms with E-state index in [1.54, 1.807) is 0 Å². The maximum Gasteiger partial charge on any atom is 0.241 e. The summed E-state index contributed by atoms with van der Waals surface area (Å²) in [7, 11) is -3.59. The van der Waals surface area contributed by atoms with Crippen LogP contribution in [0.3, 0.4) is 0 Å². The summed E-state index contributed by atoms with van der Waals surface area (Å²) < 4.78 is 28.9. The normalized spacial score (nSPS) is 13.3. The van der Waals surface area contributed by atoms with Crippen LogP contribution in [0.5, 0.6) is 0 Å². The maximum atomic E-state index is 13.0. The first-order chi connectivity index (χ1) is 11.8. The Morgan fingerprint density at radius 2 is 1.64 bits per heavy atom. The zero-order chi connectivity index (χ0) is 18.4. The molecule has 0 spiro atoms. The van der Waals surface area contributed by atoms with Crippen molar-refractivity contribution in [1.29, 1.82) is 0 Å². The molecule has 2 rings (SSSR count). The largest absolute Gasteiger partial charge is 0.241 e. The van der Waals surface area contributed by atoms with Gasteiger partial charge in [0.15, 0.2) is 0 Å². The van der Waals surface area contributed by atoms with Crippen molar-refractivity contribution in [1.82, 2.24) is 4.72 Å². The monoisotopic (exact) mass is 357 g/mol. The van der Waals surface area contributed by atoms with E-state index in [1.807, 2.05) is 82.3 Å². The molecule has 0 aliphatic carbocycles. The van der Waals surface area contributed by atoms with Crippen molar-refractivity contribution in [3.05, 3.63) is 76.9 Å². The molecular weight excluding hydrogens is 330 g/mol. The molecule has 0 saturated heterocycles. The van der Waals surface area contributed by atoms with Crippen molar-refractivity contribution in [3.63, 3.8) is 0 Å². The van der Waals surface area contributed by atoms with Crippen molar-refractivity contribution < 1.29 is 8.42 Å². The first-order valence-corrected chi connectivity index (χ1v) is 10.1. The Kier molecular flexibility index (Phi) is 6.57. The molecule has 0 amide bonds. The average molecular weight is 358 g/mol. The number of benzene rings is 2. The number of aryl methyl sites for hydroxylation is 3. The summed E-state index contributed by atoms with van der Waals surface area (Å²) in [4.78, 5) is 0.390. The Morgan fingerprint density at radius 3 is 2.20 bits per heavy atom. The molecule has 4 heteroatoms. The smallest absolute Gasteiger partial charge is 0.207 e. The van der Waals surface area contributed by atoms with Gasteiger partial charge in [0.1, 0.15) is 0 Å². The molecule has 1 atom stereocenters. The molecular formula is C21H27NO2S. The predicted molar refractivity (Wildman–Crippen MR) is 104 cm³/mol. The second-order valence-corrected chi connectivity index (χ2v) is 8.13. The van der Waals surface area contributed by atoms with Crippen LogP contribution in [0.4, 0.5) is 0 Å². The summed E-state index contributed by atoms with van der Waals surface area (Å²) >= 11 is 0. The van der Waals surface area contributed by atoms with Crippen LogP contribution in [0.2, 0.25) is 0 Å². The average Bonchev–Trinajstić information content (AvgIpc) is 2.52. The first-order valence-electron chi connectivity index (χ1n) is 8.64. The lowest BCUT2D eigenvalue weighted by atomic mass is 10.1. The van der Waals surface area contributed by atoms with Gasteiger partial charge in [-0.3, -0.25) is 0 Å². The summed E-state index contributed by atoms with van der Waals surface area (Å²) in [5.41, 5.74) is 3.74. The molecule has 0 fully saturated rings. The number of sulfonamides is 1. The molecule has 25 heavy (non-hydrogen) atoms. The minimum Gasteiger partial charge on any atom is -0.207 e. The topological polar surface area (TPSA) is 46.2 Å². The molecule has 0 aliphatic rings. The van der Waals surface area contributed by atoms with Gasteiger partial charge in [-0.2, -0.15) is 0 Å². The number of nitrogens with one attached hydrogen (secondary N) is 1. The molecule has 0 aromatic heterocycles. The fraction of sp³-hybridized carbons (Fsp3) is 0.333. The minimum absolute atomic E-state index is 0.271. The lowest BCUT2D eigenvalue weighted by molar-refractivity contribution is 0.568. The summed E-state index contributed by atoms with van der Waals surface area (Å²) in [6.07, 6.45) is 5.45. The molecule has 0 bridgehead atoms. The first kappa shape index (κ1) is 19.4. The SMILES string of the molecule is CC/C=C\[C@H](Cc1ccccc1)NS(=O)(=O)c1c(C)cc(C)cc1C. The van der Waals surface area contributed by atoms with E-state index < -0.39 is 10.0 Å². The van der Waals surface area contributed by atoms with Crippen molar-refractivity contribution in [2.45, 2.75) is 51.5 Å². The fourth-order valence-electron chi connectivity index (χ4n) is 3.17. The third kappa shape index (κ3) is 5.28. The summed E-state index contributed by atoms with van der Waals surface area (Å²) in [5.74, 6) is 0. The highest BCUT2D eigenvalue weighted by atomic mass is 32.2. The number of rotatable bonds is 7. The molecule has 2 aromatic carbocycles. The lowest BCUT2D eigenvalue weighted by Crippen LogP contribution is -2.35. The van der Waals surface area contributed by atoms with Gasteiger partial charge in [-0.1, -0.05) is 67.1 Å². The van der Waals surface area contributed by atoms with E-state index in [1.165, 1.54) is 0 Å². The van der Waals surface area contributed by atoms with E-state index in [4.69, 9.17) is 0 Å². The van der Waals surface area contributed by atoms with E-state index in [2.05, 4.69) is 4.72 Å². The fourth-order valence-corrected chi connectivity index (χ4v) is 4.81. The molecule has 0 heterocycles. The van der Waals surface area contributed by atoms with Crippen molar-refractivity contribution >= 4 is 10.0 Å². The molecule has 0 saturated carbocycles. The van der Waals surface area contributed by atoms with Crippen LogP contribution in [0.25, 0.3) is 0 Å². The third-order valence-corrected chi connectivity index (χ3v) is 5.88. The Balaban J connectivity index is 2.32. The lowest BCUT2D eigenvalue weighted by Gasteiger charge is -2.18. The summed E-state index contributed by atoms with van der Waals surface area (Å²) in [5, 5.41) is 0. The van der Waals surface area contributed by atoms with Gasteiger partial charge in [-0.15, -0.1) is 0 Å². The third-order valence-electron chi connectivity index (χ3n) is 4.08. The second-order valence-electron chi connectivity index (χ2n) is 6.48. The second kappa shape index (κ2) is 8.45. The van der Waals surface area contributed by atoms with E-state index in [9.17, 15) is 8.42 Å². The van der Waals surface area contributed by atoms with Crippen molar-refractivity contribution in [2.24, 2.45) is 0 Å². The van der Waals surface area contributed by atoms with Crippen molar-refractivity contribution in [2.75, 3.05) is 0 Å². The Hall–Kier alpha value is -1.91. The minimum atomic E-state index is -3.59. The van der Waals surface area contributed by atoms with E-state index in [0.717, 1.165) is 28.7 Å². The highest BCUT2D eigenvalue weighted by molar-refractivity contribution is 7.89. The van der Waals surface area contributed by atoms with E-state index in [0.29, 0.717) is 11.3 Å². The van der Waals surface area contributed by atoms with E-state index in [-0.39, 0.29) is 6.04 Å². The van der Waals surface area contributed by atoms with Crippen LogP contribution < -0.4 is 4.72 Å². The Bertz CT molecular complexity index is 816. The molecule has 134 valence electrons. The number of hydrogen-bond donors (Lipinski definition) is 1. The number of hydrogen-bond acceptors (Lipinski definition) is 2. The van der Waals surface area contributed by atoms with Crippen LogP contribution in [-0.2, 0) is 16.4 Å². The van der Waals surface area contributed by atoms with Crippen molar-refractivity contribution in [3.8, 4) is 0 Å². The number of allylic oxidation sites excluding steroid dienone is 1. The molecule has 3 nitrogen and oxygen atoms in total. The van der Waals surface area contributed by atoms with Gasteiger partial charge in [-0.25, -0.2) is 13.1 Å². The van der Waals surface area contributed by atoms with Gasteiger partial charge >= 0.3 is 0 Å². The van der Waals surface area contributed by atoms with Gasteiger partial charge in [0, 0.05) is 6.04 Å². The molecule has 0 unspecified atom stereocenters. The van der Waals surface area contributed by atoms with Crippen LogP contribution in [0.1, 0.15) is 35.6 Å². The van der Waals surface area contributed by atoms with Crippen LogP contribution in [0.15, 0.2) is 59.5 Å².